The lowest BCUT2D eigenvalue weighted by atomic mass is 9.78. The SMILES string of the molecule is CCOc1cc([C@@H]2[C@H](C)N[C@]3(C(=O)Nc4ccccc43)[C@@H]2[N+](=O)[O-])ccc1OCc1ccc(Cl)c(Cl)c1. The van der Waals surface area contributed by atoms with E-state index in [1.807, 2.05) is 19.9 Å². The van der Waals surface area contributed by atoms with E-state index in [1.54, 1.807) is 54.6 Å². The highest BCUT2D eigenvalue weighted by Gasteiger charge is 2.67. The molecule has 4 atom stereocenters. The number of halogens is 2. The summed E-state index contributed by atoms with van der Waals surface area (Å²) in [5, 5.41) is 19.5. The number of hydrogen-bond acceptors (Lipinski definition) is 6. The van der Waals surface area contributed by atoms with E-state index in [-0.39, 0.29) is 17.6 Å². The van der Waals surface area contributed by atoms with Crippen molar-refractivity contribution in [2.45, 2.75) is 44.0 Å². The fourth-order valence-corrected chi connectivity index (χ4v) is 5.78. The molecule has 2 heterocycles. The lowest BCUT2D eigenvalue weighted by Crippen LogP contribution is -2.54. The predicted octanol–water partition coefficient (Wildman–Crippen LogP) is 5.54. The van der Waals surface area contributed by atoms with Gasteiger partial charge in [-0.25, -0.2) is 0 Å². The van der Waals surface area contributed by atoms with Crippen LogP contribution in [0.3, 0.4) is 0 Å². The number of rotatable bonds is 7. The first-order chi connectivity index (χ1) is 17.8. The average molecular weight is 542 g/mol. The zero-order valence-electron chi connectivity index (χ0n) is 20.2. The molecule has 10 heteroatoms. The first-order valence-electron chi connectivity index (χ1n) is 11.9. The van der Waals surface area contributed by atoms with E-state index in [4.69, 9.17) is 32.7 Å². The van der Waals surface area contributed by atoms with Crippen molar-refractivity contribution in [1.82, 2.24) is 5.32 Å². The number of anilines is 1. The fraction of sp³-hybridized carbons (Fsp3) is 0.296. The van der Waals surface area contributed by atoms with Crippen LogP contribution in [0.15, 0.2) is 60.7 Å². The third kappa shape index (κ3) is 4.29. The molecule has 5 rings (SSSR count). The molecule has 0 aliphatic carbocycles. The molecule has 0 bridgehead atoms. The summed E-state index contributed by atoms with van der Waals surface area (Å²) in [7, 11) is 0. The van der Waals surface area contributed by atoms with Crippen molar-refractivity contribution in [2.24, 2.45) is 0 Å². The molecule has 0 saturated carbocycles. The van der Waals surface area contributed by atoms with Gasteiger partial charge in [-0.15, -0.1) is 0 Å². The summed E-state index contributed by atoms with van der Waals surface area (Å²) in [4.78, 5) is 25.4. The van der Waals surface area contributed by atoms with Crippen molar-refractivity contribution in [2.75, 3.05) is 11.9 Å². The molecule has 37 heavy (non-hydrogen) atoms. The second-order valence-electron chi connectivity index (χ2n) is 9.17. The van der Waals surface area contributed by atoms with E-state index in [2.05, 4.69) is 10.6 Å². The van der Waals surface area contributed by atoms with Gasteiger partial charge in [-0.3, -0.25) is 20.2 Å². The molecule has 1 saturated heterocycles. The molecule has 3 aromatic rings. The van der Waals surface area contributed by atoms with Crippen molar-refractivity contribution >= 4 is 34.8 Å². The van der Waals surface area contributed by atoms with Crippen LogP contribution in [0.25, 0.3) is 0 Å². The van der Waals surface area contributed by atoms with E-state index in [9.17, 15) is 14.9 Å². The minimum Gasteiger partial charge on any atom is -0.490 e. The Labute approximate surface area is 224 Å². The normalized spacial score (nSPS) is 24.1. The van der Waals surface area contributed by atoms with E-state index >= 15 is 0 Å². The summed E-state index contributed by atoms with van der Waals surface area (Å²) < 4.78 is 11.9. The summed E-state index contributed by atoms with van der Waals surface area (Å²) in [5.41, 5.74) is 1.21. The standard InChI is InChI=1S/C27H25Cl2N3O5/c1-3-36-23-13-17(9-11-22(23)37-14-16-8-10-19(28)20(29)12-16)24-15(2)31-27(25(24)32(34)35)18-6-4-5-7-21(18)30-26(27)33/h4-13,15,24-25,31H,3,14H2,1-2H3,(H,30,33)/t15-,24-,25+,27-/m0/s1. The van der Waals surface area contributed by atoms with Gasteiger partial charge in [-0.1, -0.05) is 53.5 Å². The van der Waals surface area contributed by atoms with Gasteiger partial charge >= 0.3 is 0 Å². The second-order valence-corrected chi connectivity index (χ2v) is 9.99. The van der Waals surface area contributed by atoms with Gasteiger partial charge in [0, 0.05) is 22.2 Å². The Bertz CT molecular complexity index is 1380. The zero-order chi connectivity index (χ0) is 26.3. The Morgan fingerprint density at radius 2 is 1.81 bits per heavy atom. The van der Waals surface area contributed by atoms with Crippen LogP contribution in [0, 0.1) is 10.1 Å². The minimum absolute atomic E-state index is 0.231. The maximum absolute atomic E-state index is 13.2. The number of nitro groups is 1. The number of nitrogens with zero attached hydrogens (tertiary/aromatic N) is 1. The Morgan fingerprint density at radius 1 is 1.03 bits per heavy atom. The smallest absolute Gasteiger partial charge is 0.256 e. The molecule has 3 aromatic carbocycles. The van der Waals surface area contributed by atoms with Gasteiger partial charge in [-0.05, 0) is 55.3 Å². The maximum Gasteiger partial charge on any atom is 0.256 e. The average Bonchev–Trinajstić information content (AvgIpc) is 3.34. The number of fused-ring (bicyclic) bond motifs is 2. The first-order valence-corrected chi connectivity index (χ1v) is 12.7. The molecule has 8 nitrogen and oxygen atoms in total. The highest BCUT2D eigenvalue weighted by molar-refractivity contribution is 6.42. The second kappa shape index (κ2) is 9.85. The van der Waals surface area contributed by atoms with E-state index < -0.39 is 23.4 Å². The molecule has 192 valence electrons. The monoisotopic (exact) mass is 541 g/mol. The van der Waals surface area contributed by atoms with Crippen molar-refractivity contribution < 1.29 is 19.2 Å². The zero-order valence-corrected chi connectivity index (χ0v) is 21.7. The topological polar surface area (TPSA) is 103 Å². The number of ether oxygens (including phenoxy) is 2. The molecule has 0 radical (unpaired) electrons. The van der Waals surface area contributed by atoms with Crippen molar-refractivity contribution in [3.05, 3.63) is 97.5 Å². The third-order valence-electron chi connectivity index (χ3n) is 6.99. The molecule has 0 unspecified atom stereocenters. The number of carbonyl (C=O) groups is 1. The summed E-state index contributed by atoms with van der Waals surface area (Å²) in [5.74, 6) is -0.0650. The van der Waals surface area contributed by atoms with Crippen LogP contribution < -0.4 is 20.1 Å². The quantitative estimate of drug-likeness (QED) is 0.300. The number of hydrogen-bond donors (Lipinski definition) is 2. The predicted molar refractivity (Wildman–Crippen MR) is 141 cm³/mol. The molecule has 2 aliphatic heterocycles. The van der Waals surface area contributed by atoms with Crippen molar-refractivity contribution in [1.29, 1.82) is 0 Å². The van der Waals surface area contributed by atoms with Gasteiger partial charge in [0.25, 0.3) is 11.9 Å². The lowest BCUT2D eigenvalue weighted by Gasteiger charge is -2.25. The highest BCUT2D eigenvalue weighted by atomic mass is 35.5. The van der Waals surface area contributed by atoms with Crippen LogP contribution in [-0.2, 0) is 16.9 Å². The van der Waals surface area contributed by atoms with Gasteiger partial charge < -0.3 is 14.8 Å². The van der Waals surface area contributed by atoms with E-state index in [0.717, 1.165) is 5.56 Å². The fourth-order valence-electron chi connectivity index (χ4n) is 5.46. The summed E-state index contributed by atoms with van der Waals surface area (Å²) >= 11 is 12.1. The van der Waals surface area contributed by atoms with Crippen LogP contribution in [0.2, 0.25) is 10.0 Å². The minimum atomic E-state index is -1.47. The molecule has 1 fully saturated rings. The van der Waals surface area contributed by atoms with Crippen molar-refractivity contribution in [3.8, 4) is 11.5 Å². The number of nitrogens with one attached hydrogen (secondary N) is 2. The van der Waals surface area contributed by atoms with Gasteiger partial charge in [0.15, 0.2) is 17.0 Å². The summed E-state index contributed by atoms with van der Waals surface area (Å²) in [6.45, 7) is 4.32. The van der Waals surface area contributed by atoms with Crippen LogP contribution in [0.1, 0.15) is 36.5 Å². The molecule has 2 N–H and O–H groups in total. The van der Waals surface area contributed by atoms with Crippen molar-refractivity contribution in [3.63, 3.8) is 0 Å². The summed E-state index contributed by atoms with van der Waals surface area (Å²) in [6.07, 6.45) is 0. The third-order valence-corrected chi connectivity index (χ3v) is 7.73. The van der Waals surface area contributed by atoms with Crippen LogP contribution in [-0.4, -0.2) is 29.5 Å². The first kappa shape index (κ1) is 25.3. The summed E-state index contributed by atoms with van der Waals surface area (Å²) in [6, 6.07) is 16.1. The van der Waals surface area contributed by atoms with Crippen LogP contribution in [0.4, 0.5) is 5.69 Å². The lowest BCUT2D eigenvalue weighted by molar-refractivity contribution is -0.532. The number of benzene rings is 3. The Morgan fingerprint density at radius 3 is 2.54 bits per heavy atom. The molecular weight excluding hydrogens is 517 g/mol. The van der Waals surface area contributed by atoms with Gasteiger partial charge in [0.05, 0.1) is 22.6 Å². The van der Waals surface area contributed by atoms with Gasteiger partial charge in [0.2, 0.25) is 0 Å². The van der Waals surface area contributed by atoms with Gasteiger partial charge in [0.1, 0.15) is 6.61 Å². The Hall–Kier alpha value is -3.33. The maximum atomic E-state index is 13.2. The highest BCUT2D eigenvalue weighted by Crippen LogP contribution is 2.50. The number of para-hydroxylation sites is 1. The number of amides is 1. The molecular formula is C27H25Cl2N3O5. The molecule has 0 aromatic heterocycles. The van der Waals surface area contributed by atoms with Crippen LogP contribution in [0.5, 0.6) is 11.5 Å². The molecule has 1 amide bonds. The molecule has 1 spiro atoms. The van der Waals surface area contributed by atoms with E-state index in [1.165, 1.54) is 0 Å². The largest absolute Gasteiger partial charge is 0.490 e. The Kier molecular flexibility index (Phi) is 6.74. The van der Waals surface area contributed by atoms with E-state index in [0.29, 0.717) is 45.0 Å². The van der Waals surface area contributed by atoms with Crippen LogP contribution >= 0.6 is 23.2 Å². The van der Waals surface area contributed by atoms with Gasteiger partial charge in [-0.2, -0.15) is 0 Å². The Balaban J connectivity index is 1.49. The number of carbonyl (C=O) groups excluding carboxylic acids is 1. The molecule has 2 aliphatic rings.